The Hall–Kier alpha value is -1.54. The summed E-state index contributed by atoms with van der Waals surface area (Å²) in [6.45, 7) is 3.61. The Balaban J connectivity index is 2.21. The SMILES string of the molecule is CC1(C)SC(c2ccc([N+](=O)[O-])o2)N[C@H]1C(=O)O. The van der Waals surface area contributed by atoms with E-state index in [-0.39, 0.29) is 5.88 Å². The van der Waals surface area contributed by atoms with Crippen molar-refractivity contribution in [3.8, 4) is 0 Å². The number of thioether (sulfide) groups is 1. The summed E-state index contributed by atoms with van der Waals surface area (Å²) in [5.41, 5.74) is 0. The number of nitro groups is 1. The van der Waals surface area contributed by atoms with Gasteiger partial charge in [0, 0.05) is 4.75 Å². The number of carbonyl (C=O) groups is 1. The lowest BCUT2D eigenvalue weighted by molar-refractivity contribution is -0.402. The highest BCUT2D eigenvalue weighted by atomic mass is 32.2. The van der Waals surface area contributed by atoms with Crippen molar-refractivity contribution in [2.24, 2.45) is 0 Å². The number of carboxylic acid groups (broad SMARTS) is 1. The van der Waals surface area contributed by atoms with Crippen molar-refractivity contribution in [1.82, 2.24) is 5.32 Å². The summed E-state index contributed by atoms with van der Waals surface area (Å²) in [6, 6.07) is 2.03. The van der Waals surface area contributed by atoms with Crippen LogP contribution in [0.15, 0.2) is 16.5 Å². The summed E-state index contributed by atoms with van der Waals surface area (Å²) < 4.78 is 4.56. The van der Waals surface area contributed by atoms with Crippen molar-refractivity contribution < 1.29 is 19.2 Å². The molecule has 0 radical (unpaired) electrons. The lowest BCUT2D eigenvalue weighted by atomic mass is 10.0. The third kappa shape index (κ3) is 2.21. The number of aliphatic carboxylic acids is 1. The Labute approximate surface area is 107 Å². The number of nitrogens with zero attached hydrogens (tertiary/aromatic N) is 1. The third-order valence-electron chi connectivity index (χ3n) is 2.73. The number of rotatable bonds is 3. The maximum absolute atomic E-state index is 11.1. The van der Waals surface area contributed by atoms with Crippen LogP contribution in [0, 0.1) is 10.1 Å². The molecule has 1 aliphatic heterocycles. The highest BCUT2D eigenvalue weighted by molar-refractivity contribution is 8.01. The van der Waals surface area contributed by atoms with Crippen LogP contribution in [0.4, 0.5) is 5.88 Å². The summed E-state index contributed by atoms with van der Waals surface area (Å²) in [7, 11) is 0. The molecule has 0 saturated carbocycles. The fourth-order valence-corrected chi connectivity index (χ4v) is 3.21. The van der Waals surface area contributed by atoms with Gasteiger partial charge < -0.3 is 9.52 Å². The summed E-state index contributed by atoms with van der Waals surface area (Å²) in [5.74, 6) is -0.927. The molecule has 0 bridgehead atoms. The van der Waals surface area contributed by atoms with E-state index in [4.69, 9.17) is 9.52 Å². The number of hydrogen-bond acceptors (Lipinski definition) is 6. The van der Waals surface area contributed by atoms with Crippen molar-refractivity contribution >= 4 is 23.6 Å². The summed E-state index contributed by atoms with van der Waals surface area (Å²) >= 11 is 1.37. The van der Waals surface area contributed by atoms with Gasteiger partial charge >= 0.3 is 11.9 Å². The molecule has 98 valence electrons. The molecule has 1 aliphatic rings. The molecule has 2 rings (SSSR count). The molecule has 8 heteroatoms. The van der Waals surface area contributed by atoms with Gasteiger partial charge in [0.1, 0.15) is 22.1 Å². The maximum Gasteiger partial charge on any atom is 0.433 e. The second kappa shape index (κ2) is 4.29. The Kier molecular flexibility index (Phi) is 3.07. The molecule has 7 nitrogen and oxygen atoms in total. The molecule has 0 aromatic carbocycles. The first-order valence-electron chi connectivity index (χ1n) is 5.22. The van der Waals surface area contributed by atoms with Gasteiger partial charge in [-0.15, -0.1) is 11.8 Å². The average Bonchev–Trinajstić information content (AvgIpc) is 2.81. The first-order chi connectivity index (χ1) is 8.31. The van der Waals surface area contributed by atoms with Gasteiger partial charge in [-0.25, -0.2) is 0 Å². The quantitative estimate of drug-likeness (QED) is 0.637. The number of furan rings is 1. The van der Waals surface area contributed by atoms with Gasteiger partial charge in [-0.2, -0.15) is 0 Å². The van der Waals surface area contributed by atoms with Gasteiger partial charge in [-0.3, -0.25) is 20.2 Å². The largest absolute Gasteiger partial charge is 0.480 e. The molecule has 2 atom stereocenters. The van der Waals surface area contributed by atoms with Crippen molar-refractivity contribution in [3.63, 3.8) is 0 Å². The lowest BCUT2D eigenvalue weighted by Gasteiger charge is -2.20. The fourth-order valence-electron chi connectivity index (χ4n) is 1.85. The van der Waals surface area contributed by atoms with Crippen LogP contribution < -0.4 is 5.32 Å². The minimum atomic E-state index is -0.948. The Bertz CT molecular complexity index is 498. The van der Waals surface area contributed by atoms with Crippen molar-refractivity contribution in [2.75, 3.05) is 0 Å². The Morgan fingerprint density at radius 2 is 2.28 bits per heavy atom. The third-order valence-corrected chi connectivity index (χ3v) is 4.18. The van der Waals surface area contributed by atoms with E-state index >= 15 is 0 Å². The molecule has 2 heterocycles. The van der Waals surface area contributed by atoms with E-state index in [1.165, 1.54) is 23.9 Å². The van der Waals surface area contributed by atoms with Gasteiger partial charge in [0.05, 0.1) is 6.07 Å². The molecule has 1 aromatic rings. The van der Waals surface area contributed by atoms with E-state index in [1.807, 2.05) is 0 Å². The molecule has 0 aliphatic carbocycles. The second-order valence-electron chi connectivity index (χ2n) is 4.47. The normalized spacial score (nSPS) is 26.1. The highest BCUT2D eigenvalue weighted by Gasteiger charge is 2.46. The molecule has 0 spiro atoms. The molecule has 18 heavy (non-hydrogen) atoms. The Morgan fingerprint density at radius 3 is 2.72 bits per heavy atom. The van der Waals surface area contributed by atoms with Crippen molar-refractivity contribution in [1.29, 1.82) is 0 Å². The van der Waals surface area contributed by atoms with E-state index in [9.17, 15) is 14.9 Å². The second-order valence-corrected chi connectivity index (χ2v) is 6.23. The molecule has 2 N–H and O–H groups in total. The molecule has 1 saturated heterocycles. The average molecular weight is 272 g/mol. The predicted octanol–water partition coefficient (Wildman–Crippen LogP) is 1.75. The zero-order valence-corrected chi connectivity index (χ0v) is 10.6. The Morgan fingerprint density at radius 1 is 1.61 bits per heavy atom. The highest BCUT2D eigenvalue weighted by Crippen LogP contribution is 2.46. The monoisotopic (exact) mass is 272 g/mol. The topological polar surface area (TPSA) is 106 Å². The minimum Gasteiger partial charge on any atom is -0.480 e. The van der Waals surface area contributed by atoms with Crippen LogP contribution in [-0.4, -0.2) is 26.8 Å². The van der Waals surface area contributed by atoms with Gasteiger partial charge in [0.2, 0.25) is 0 Å². The maximum atomic E-state index is 11.1. The van der Waals surface area contributed by atoms with Crippen LogP contribution in [0.3, 0.4) is 0 Å². The summed E-state index contributed by atoms with van der Waals surface area (Å²) in [6.07, 6.45) is 0. The van der Waals surface area contributed by atoms with Gasteiger partial charge in [-0.05, 0) is 19.9 Å². The van der Waals surface area contributed by atoms with Crippen molar-refractivity contribution in [3.05, 3.63) is 28.0 Å². The first kappa shape index (κ1) is 12.9. The van der Waals surface area contributed by atoms with E-state index in [0.29, 0.717) is 5.76 Å². The summed E-state index contributed by atoms with van der Waals surface area (Å²) in [5, 5.41) is 22.1. The molecule has 1 fully saturated rings. The molecule has 1 aromatic heterocycles. The van der Waals surface area contributed by atoms with Crippen LogP contribution in [0.5, 0.6) is 0 Å². The minimum absolute atomic E-state index is 0.344. The lowest BCUT2D eigenvalue weighted by Crippen LogP contribution is -2.43. The summed E-state index contributed by atoms with van der Waals surface area (Å²) in [4.78, 5) is 21.0. The standard InChI is InChI=1S/C10H12N2O5S/c1-10(2)7(9(13)14)11-8(18-10)5-3-4-6(17-5)12(15)16/h3-4,7-8,11H,1-2H3,(H,13,14)/t7-,8?/m0/s1. The van der Waals surface area contributed by atoms with Crippen LogP contribution >= 0.6 is 11.8 Å². The van der Waals surface area contributed by atoms with Crippen LogP contribution in [0.1, 0.15) is 25.0 Å². The van der Waals surface area contributed by atoms with Crippen LogP contribution in [0.2, 0.25) is 0 Å². The number of carboxylic acids is 1. The van der Waals surface area contributed by atoms with Gasteiger partial charge in [0.15, 0.2) is 0 Å². The molecule has 0 amide bonds. The molecular weight excluding hydrogens is 260 g/mol. The number of nitrogens with one attached hydrogen (secondary N) is 1. The van der Waals surface area contributed by atoms with Gasteiger partial charge in [-0.1, -0.05) is 0 Å². The predicted molar refractivity (Wildman–Crippen MR) is 64.3 cm³/mol. The molecular formula is C10H12N2O5S. The molecule has 1 unspecified atom stereocenters. The van der Waals surface area contributed by atoms with Crippen LogP contribution in [-0.2, 0) is 4.79 Å². The zero-order chi connectivity index (χ0) is 13.5. The van der Waals surface area contributed by atoms with E-state index in [1.54, 1.807) is 13.8 Å². The first-order valence-corrected chi connectivity index (χ1v) is 6.10. The van der Waals surface area contributed by atoms with Gasteiger partial charge in [0.25, 0.3) is 0 Å². The smallest absolute Gasteiger partial charge is 0.433 e. The van der Waals surface area contributed by atoms with E-state index < -0.39 is 27.1 Å². The fraction of sp³-hybridized carbons (Fsp3) is 0.500. The van der Waals surface area contributed by atoms with E-state index in [2.05, 4.69) is 5.32 Å². The van der Waals surface area contributed by atoms with E-state index in [0.717, 1.165) is 0 Å². The zero-order valence-electron chi connectivity index (χ0n) is 9.75. The van der Waals surface area contributed by atoms with Crippen molar-refractivity contribution in [2.45, 2.75) is 30.0 Å². The number of hydrogen-bond donors (Lipinski definition) is 2. The van der Waals surface area contributed by atoms with Crippen LogP contribution in [0.25, 0.3) is 0 Å².